The predicted molar refractivity (Wildman–Crippen MR) is 86.7 cm³/mol. The molecular formula is C15H10ClF4N3O4. The molecule has 0 saturated heterocycles. The van der Waals surface area contributed by atoms with Crippen LogP contribution in [0.3, 0.4) is 0 Å². The van der Waals surface area contributed by atoms with Gasteiger partial charge in [0.05, 0.1) is 16.8 Å². The molecular weight excluding hydrogens is 398 g/mol. The molecule has 0 fully saturated rings. The minimum Gasteiger partial charge on any atom is -0.471 e. The summed E-state index contributed by atoms with van der Waals surface area (Å²) in [6.45, 7) is -1.57. The molecule has 0 aliphatic carbocycles. The molecule has 1 amide bonds. The molecule has 27 heavy (non-hydrogen) atoms. The van der Waals surface area contributed by atoms with Gasteiger partial charge in [-0.25, -0.2) is 13.8 Å². The number of anilines is 1. The van der Waals surface area contributed by atoms with Crippen LogP contribution in [-0.2, 0) is 0 Å². The van der Waals surface area contributed by atoms with Gasteiger partial charge in [0.15, 0.2) is 6.61 Å². The first-order chi connectivity index (χ1) is 12.6. The van der Waals surface area contributed by atoms with E-state index < -0.39 is 35.5 Å². The summed E-state index contributed by atoms with van der Waals surface area (Å²) in [4.78, 5) is 26.0. The third kappa shape index (κ3) is 5.26. The van der Waals surface area contributed by atoms with Gasteiger partial charge in [-0.2, -0.15) is 8.78 Å². The number of carbonyl (C=O) groups excluding carboxylic acids is 1. The third-order valence-corrected chi connectivity index (χ3v) is 3.36. The van der Waals surface area contributed by atoms with E-state index in [9.17, 15) is 32.5 Å². The summed E-state index contributed by atoms with van der Waals surface area (Å²) in [7, 11) is 0. The average molecular weight is 408 g/mol. The van der Waals surface area contributed by atoms with Crippen LogP contribution in [-0.4, -0.2) is 34.8 Å². The van der Waals surface area contributed by atoms with E-state index in [0.717, 1.165) is 24.4 Å². The molecule has 0 bridgehead atoms. The Kier molecular flexibility index (Phi) is 6.16. The van der Waals surface area contributed by atoms with Gasteiger partial charge in [-0.3, -0.25) is 14.9 Å². The second kappa shape index (κ2) is 8.16. The number of nitro groups is 1. The van der Waals surface area contributed by atoms with Crippen molar-refractivity contribution in [1.29, 1.82) is 0 Å². The Hall–Kier alpha value is -2.95. The fourth-order valence-electron chi connectivity index (χ4n) is 1.82. The van der Waals surface area contributed by atoms with Crippen molar-refractivity contribution < 1.29 is 32.0 Å². The number of amides is 1. The van der Waals surface area contributed by atoms with Crippen molar-refractivity contribution in [2.24, 2.45) is 0 Å². The largest absolute Gasteiger partial charge is 0.471 e. The third-order valence-electron chi connectivity index (χ3n) is 3.13. The van der Waals surface area contributed by atoms with Crippen LogP contribution >= 0.6 is 11.6 Å². The summed E-state index contributed by atoms with van der Waals surface area (Å²) in [6.07, 6.45) is -2.87. The van der Waals surface area contributed by atoms with E-state index in [1.165, 1.54) is 12.1 Å². The van der Waals surface area contributed by atoms with E-state index in [1.807, 2.05) is 0 Å². The molecule has 0 atom stereocenters. The molecule has 1 aromatic heterocycles. The highest BCUT2D eigenvalue weighted by Crippen LogP contribution is 2.25. The zero-order valence-corrected chi connectivity index (χ0v) is 13.9. The lowest BCUT2D eigenvalue weighted by molar-refractivity contribution is -0.385. The van der Waals surface area contributed by atoms with Crippen LogP contribution in [0.25, 0.3) is 0 Å². The molecule has 0 aliphatic heterocycles. The average Bonchev–Trinajstić information content (AvgIpc) is 2.60. The van der Waals surface area contributed by atoms with Crippen molar-refractivity contribution in [3.8, 4) is 5.88 Å². The molecule has 7 nitrogen and oxygen atoms in total. The maximum absolute atomic E-state index is 12.8. The summed E-state index contributed by atoms with van der Waals surface area (Å²) in [6, 6.07) is 5.72. The Morgan fingerprint density at radius 3 is 2.59 bits per heavy atom. The Morgan fingerprint density at radius 2 is 2.04 bits per heavy atom. The number of carbonyl (C=O) groups is 1. The number of pyridine rings is 1. The first-order valence-corrected chi connectivity index (χ1v) is 7.48. The molecule has 2 rings (SSSR count). The van der Waals surface area contributed by atoms with Crippen molar-refractivity contribution in [1.82, 2.24) is 4.98 Å². The van der Waals surface area contributed by atoms with Crippen LogP contribution in [0.15, 0.2) is 36.5 Å². The number of ether oxygens (including phenoxy) is 1. The van der Waals surface area contributed by atoms with Crippen LogP contribution in [0, 0.1) is 10.1 Å². The highest BCUT2D eigenvalue weighted by atomic mass is 35.5. The van der Waals surface area contributed by atoms with Crippen LogP contribution in [0.1, 0.15) is 10.4 Å². The minimum absolute atomic E-state index is 0.0669. The molecule has 1 aromatic carbocycles. The highest BCUT2D eigenvalue weighted by Gasteiger charge is 2.41. The van der Waals surface area contributed by atoms with Crippen molar-refractivity contribution >= 4 is 28.9 Å². The summed E-state index contributed by atoms with van der Waals surface area (Å²) < 4.78 is 54.1. The fraction of sp³-hybridized carbons (Fsp3) is 0.200. The number of hydrogen-bond donors (Lipinski definition) is 1. The predicted octanol–water partition coefficient (Wildman–Crippen LogP) is 4.17. The number of nitro benzene ring substituents is 1. The second-order valence-corrected chi connectivity index (χ2v) is 5.54. The Balaban J connectivity index is 2.07. The van der Waals surface area contributed by atoms with Crippen molar-refractivity contribution in [3.05, 3.63) is 57.2 Å². The monoisotopic (exact) mass is 407 g/mol. The number of rotatable bonds is 7. The van der Waals surface area contributed by atoms with Gasteiger partial charge in [0, 0.05) is 17.2 Å². The zero-order valence-electron chi connectivity index (χ0n) is 13.2. The molecule has 144 valence electrons. The standard InChI is InChI=1S/C15H10ClF4N3O4/c16-8-1-3-10(11(5-8)23(25)26)13(24)22-9-2-4-12(21-6-9)27-7-15(19,20)14(17)18/h1-6,14H,7H2,(H,22,24). The number of halogens is 5. The Bertz CT molecular complexity index is 849. The van der Waals surface area contributed by atoms with Crippen molar-refractivity contribution in [2.45, 2.75) is 12.3 Å². The molecule has 0 aliphatic rings. The lowest BCUT2D eigenvalue weighted by Crippen LogP contribution is -2.33. The molecule has 1 heterocycles. The molecule has 1 N–H and O–H groups in total. The smallest absolute Gasteiger partial charge is 0.340 e. The highest BCUT2D eigenvalue weighted by molar-refractivity contribution is 6.31. The topological polar surface area (TPSA) is 94.4 Å². The lowest BCUT2D eigenvalue weighted by atomic mass is 10.1. The molecule has 0 radical (unpaired) electrons. The van der Waals surface area contributed by atoms with E-state index in [0.29, 0.717) is 0 Å². The minimum atomic E-state index is -4.33. The van der Waals surface area contributed by atoms with E-state index in [1.54, 1.807) is 0 Å². The van der Waals surface area contributed by atoms with Gasteiger partial charge in [0.1, 0.15) is 5.56 Å². The van der Waals surface area contributed by atoms with Gasteiger partial charge in [-0.1, -0.05) is 11.6 Å². The zero-order chi connectivity index (χ0) is 20.2. The number of aromatic nitrogens is 1. The quantitative estimate of drug-likeness (QED) is 0.422. The van der Waals surface area contributed by atoms with Crippen molar-refractivity contribution in [2.75, 3.05) is 11.9 Å². The Labute approximate surface area is 154 Å². The van der Waals surface area contributed by atoms with Gasteiger partial charge in [-0.05, 0) is 18.2 Å². The maximum Gasteiger partial charge on any atom is 0.340 e. The van der Waals surface area contributed by atoms with E-state index >= 15 is 0 Å². The first-order valence-electron chi connectivity index (χ1n) is 7.10. The molecule has 0 unspecified atom stereocenters. The van der Waals surface area contributed by atoms with Gasteiger partial charge < -0.3 is 10.1 Å². The van der Waals surface area contributed by atoms with E-state index in [4.69, 9.17) is 11.6 Å². The van der Waals surface area contributed by atoms with Crippen LogP contribution in [0.5, 0.6) is 5.88 Å². The number of benzene rings is 1. The number of nitrogens with zero attached hydrogens (tertiary/aromatic N) is 2. The summed E-state index contributed by atoms with van der Waals surface area (Å²) >= 11 is 5.66. The summed E-state index contributed by atoms with van der Waals surface area (Å²) in [5.41, 5.74) is -0.708. The van der Waals surface area contributed by atoms with Crippen LogP contribution in [0.2, 0.25) is 5.02 Å². The van der Waals surface area contributed by atoms with E-state index in [2.05, 4.69) is 15.0 Å². The van der Waals surface area contributed by atoms with Gasteiger partial charge in [0.2, 0.25) is 5.88 Å². The number of nitrogens with one attached hydrogen (secondary N) is 1. The van der Waals surface area contributed by atoms with Gasteiger partial charge >= 0.3 is 12.3 Å². The second-order valence-electron chi connectivity index (χ2n) is 5.11. The van der Waals surface area contributed by atoms with E-state index in [-0.39, 0.29) is 22.2 Å². The molecule has 12 heteroatoms. The Morgan fingerprint density at radius 1 is 1.33 bits per heavy atom. The lowest BCUT2D eigenvalue weighted by Gasteiger charge is -2.15. The van der Waals surface area contributed by atoms with Gasteiger partial charge in [0.25, 0.3) is 11.6 Å². The fourth-order valence-corrected chi connectivity index (χ4v) is 1.99. The molecule has 2 aromatic rings. The number of alkyl halides is 4. The summed E-state index contributed by atoms with van der Waals surface area (Å²) in [5.74, 6) is -5.54. The van der Waals surface area contributed by atoms with Gasteiger partial charge in [-0.15, -0.1) is 0 Å². The molecule has 0 spiro atoms. The maximum atomic E-state index is 12.8. The van der Waals surface area contributed by atoms with Crippen LogP contribution < -0.4 is 10.1 Å². The SMILES string of the molecule is O=C(Nc1ccc(OCC(F)(F)C(F)F)nc1)c1ccc(Cl)cc1[N+](=O)[O-]. The summed E-state index contributed by atoms with van der Waals surface area (Å²) in [5, 5.41) is 13.4. The normalized spacial score (nSPS) is 11.3. The van der Waals surface area contributed by atoms with Crippen molar-refractivity contribution in [3.63, 3.8) is 0 Å². The van der Waals surface area contributed by atoms with Crippen LogP contribution in [0.4, 0.5) is 28.9 Å². The molecule has 0 saturated carbocycles. The first kappa shape index (κ1) is 20.4. The number of hydrogen-bond acceptors (Lipinski definition) is 5.